The number of carbonyl (C=O) groups excluding carboxylic acids is 2. The first kappa shape index (κ1) is 19.2. The predicted molar refractivity (Wildman–Crippen MR) is 104 cm³/mol. The fourth-order valence-corrected chi connectivity index (χ4v) is 2.97. The van der Waals surface area contributed by atoms with Gasteiger partial charge in [0, 0.05) is 36.1 Å². The van der Waals surface area contributed by atoms with Crippen LogP contribution in [0.1, 0.15) is 23.2 Å². The van der Waals surface area contributed by atoms with Gasteiger partial charge < -0.3 is 20.3 Å². The van der Waals surface area contributed by atoms with Gasteiger partial charge in [-0.15, -0.1) is 0 Å². The Morgan fingerprint density at radius 3 is 2.39 bits per heavy atom. The highest BCUT2D eigenvalue weighted by Gasteiger charge is 2.19. The maximum atomic E-state index is 12.5. The number of anilines is 2. The zero-order valence-electron chi connectivity index (χ0n) is 15.3. The van der Waals surface area contributed by atoms with Crippen molar-refractivity contribution >= 4 is 29.0 Å². The third kappa shape index (κ3) is 4.37. The van der Waals surface area contributed by atoms with E-state index in [-0.39, 0.29) is 23.0 Å². The van der Waals surface area contributed by atoms with Gasteiger partial charge in [-0.3, -0.25) is 14.9 Å². The molecule has 0 aromatic heterocycles. The lowest BCUT2D eigenvalue weighted by molar-refractivity contribution is -0.385. The number of hydrogen-bond acceptors (Lipinski definition) is 5. The lowest BCUT2D eigenvalue weighted by atomic mass is 10.1. The van der Waals surface area contributed by atoms with Crippen LogP contribution in [0, 0.1) is 10.1 Å². The molecule has 2 aromatic carbocycles. The Kier molecular flexibility index (Phi) is 5.73. The van der Waals surface area contributed by atoms with Crippen LogP contribution in [-0.4, -0.2) is 42.0 Å². The maximum absolute atomic E-state index is 12.5. The van der Waals surface area contributed by atoms with Crippen molar-refractivity contribution in [3.63, 3.8) is 0 Å². The van der Waals surface area contributed by atoms with Gasteiger partial charge in [0.05, 0.1) is 12.0 Å². The molecular formula is C19H20N4O5. The SMILES string of the molecule is COc1ccc(C(=O)Nc2cccc(NC(=O)N3CCCC3)c2)cc1[N+](=O)[O-]. The Hall–Kier alpha value is -3.62. The van der Waals surface area contributed by atoms with Crippen LogP contribution in [-0.2, 0) is 0 Å². The lowest BCUT2D eigenvalue weighted by Crippen LogP contribution is -2.32. The number of benzene rings is 2. The van der Waals surface area contributed by atoms with Crippen LogP contribution in [0.2, 0.25) is 0 Å². The van der Waals surface area contributed by atoms with Crippen molar-refractivity contribution in [2.24, 2.45) is 0 Å². The molecule has 0 atom stereocenters. The molecule has 2 aromatic rings. The summed E-state index contributed by atoms with van der Waals surface area (Å²) in [6.45, 7) is 1.47. The minimum absolute atomic E-state index is 0.0770. The van der Waals surface area contributed by atoms with Crippen molar-refractivity contribution in [3.8, 4) is 5.75 Å². The number of methoxy groups -OCH3 is 1. The van der Waals surface area contributed by atoms with E-state index in [1.54, 1.807) is 29.2 Å². The first-order chi connectivity index (χ1) is 13.5. The Labute approximate surface area is 161 Å². The van der Waals surface area contributed by atoms with Crippen LogP contribution in [0.25, 0.3) is 0 Å². The highest BCUT2D eigenvalue weighted by Crippen LogP contribution is 2.28. The van der Waals surface area contributed by atoms with Crippen LogP contribution in [0.5, 0.6) is 5.75 Å². The lowest BCUT2D eigenvalue weighted by Gasteiger charge is -2.16. The Morgan fingerprint density at radius 1 is 1.07 bits per heavy atom. The Balaban J connectivity index is 1.71. The highest BCUT2D eigenvalue weighted by atomic mass is 16.6. The summed E-state index contributed by atoms with van der Waals surface area (Å²) in [4.78, 5) is 36.9. The zero-order chi connectivity index (χ0) is 20.1. The van der Waals surface area contributed by atoms with Crippen molar-refractivity contribution in [1.82, 2.24) is 4.90 Å². The normalized spacial score (nSPS) is 13.1. The van der Waals surface area contributed by atoms with Crippen molar-refractivity contribution in [1.29, 1.82) is 0 Å². The van der Waals surface area contributed by atoms with E-state index < -0.39 is 10.8 Å². The fourth-order valence-electron chi connectivity index (χ4n) is 2.97. The molecular weight excluding hydrogens is 364 g/mol. The first-order valence-corrected chi connectivity index (χ1v) is 8.77. The van der Waals surface area contributed by atoms with Crippen molar-refractivity contribution < 1.29 is 19.2 Å². The largest absolute Gasteiger partial charge is 0.490 e. The van der Waals surface area contributed by atoms with E-state index in [9.17, 15) is 19.7 Å². The van der Waals surface area contributed by atoms with E-state index in [0.717, 1.165) is 32.0 Å². The molecule has 0 unspecified atom stereocenters. The van der Waals surface area contributed by atoms with Crippen LogP contribution >= 0.6 is 0 Å². The topological polar surface area (TPSA) is 114 Å². The number of ether oxygens (including phenoxy) is 1. The third-order valence-electron chi connectivity index (χ3n) is 4.40. The van der Waals surface area contributed by atoms with Crippen molar-refractivity contribution in [2.75, 3.05) is 30.8 Å². The maximum Gasteiger partial charge on any atom is 0.321 e. The average Bonchev–Trinajstić information content (AvgIpc) is 3.22. The summed E-state index contributed by atoms with van der Waals surface area (Å²) < 4.78 is 4.94. The number of rotatable bonds is 5. The molecule has 0 spiro atoms. The molecule has 3 rings (SSSR count). The van der Waals surface area contributed by atoms with Crippen molar-refractivity contribution in [3.05, 3.63) is 58.1 Å². The van der Waals surface area contributed by atoms with E-state index in [0.29, 0.717) is 11.4 Å². The minimum atomic E-state index is -0.607. The predicted octanol–water partition coefficient (Wildman–Crippen LogP) is 3.48. The van der Waals surface area contributed by atoms with E-state index >= 15 is 0 Å². The molecule has 0 bridgehead atoms. The second-order valence-electron chi connectivity index (χ2n) is 6.30. The van der Waals surface area contributed by atoms with E-state index in [2.05, 4.69) is 10.6 Å². The van der Waals surface area contributed by atoms with Gasteiger partial charge in [0.1, 0.15) is 0 Å². The van der Waals surface area contributed by atoms with Gasteiger partial charge in [-0.2, -0.15) is 0 Å². The molecule has 9 nitrogen and oxygen atoms in total. The number of likely N-dealkylation sites (tertiary alicyclic amines) is 1. The number of amides is 3. The first-order valence-electron chi connectivity index (χ1n) is 8.77. The third-order valence-corrected chi connectivity index (χ3v) is 4.40. The van der Waals surface area contributed by atoms with Gasteiger partial charge in [-0.05, 0) is 43.2 Å². The number of nitrogens with zero attached hydrogens (tertiary/aromatic N) is 2. The van der Waals surface area contributed by atoms with E-state index in [1.165, 1.54) is 19.2 Å². The number of carbonyl (C=O) groups is 2. The van der Waals surface area contributed by atoms with E-state index in [4.69, 9.17) is 4.74 Å². The molecule has 2 N–H and O–H groups in total. The summed E-state index contributed by atoms with van der Waals surface area (Å²) in [5, 5.41) is 16.6. The zero-order valence-corrected chi connectivity index (χ0v) is 15.3. The van der Waals surface area contributed by atoms with Crippen molar-refractivity contribution in [2.45, 2.75) is 12.8 Å². The molecule has 1 aliphatic heterocycles. The second kappa shape index (κ2) is 8.38. The number of nitrogens with one attached hydrogen (secondary N) is 2. The van der Waals surface area contributed by atoms with Gasteiger partial charge in [0.15, 0.2) is 5.75 Å². The van der Waals surface area contributed by atoms with Crippen LogP contribution in [0.15, 0.2) is 42.5 Å². The van der Waals surface area contributed by atoms with Gasteiger partial charge in [-0.25, -0.2) is 4.79 Å². The number of nitro benzene ring substituents is 1. The van der Waals surface area contributed by atoms with Crippen LogP contribution in [0.3, 0.4) is 0 Å². The molecule has 1 fully saturated rings. The summed E-state index contributed by atoms with van der Waals surface area (Å²) in [7, 11) is 1.32. The molecule has 28 heavy (non-hydrogen) atoms. The average molecular weight is 384 g/mol. The quantitative estimate of drug-likeness (QED) is 0.605. The highest BCUT2D eigenvalue weighted by molar-refractivity contribution is 6.05. The minimum Gasteiger partial charge on any atom is -0.490 e. The van der Waals surface area contributed by atoms with Gasteiger partial charge in [-0.1, -0.05) is 6.07 Å². The van der Waals surface area contributed by atoms with Crippen LogP contribution < -0.4 is 15.4 Å². The molecule has 9 heteroatoms. The molecule has 0 saturated carbocycles. The van der Waals surface area contributed by atoms with Crippen LogP contribution in [0.4, 0.5) is 21.9 Å². The number of hydrogen-bond donors (Lipinski definition) is 2. The Morgan fingerprint density at radius 2 is 1.75 bits per heavy atom. The summed E-state index contributed by atoms with van der Waals surface area (Å²) in [5.41, 5.74) is 0.846. The molecule has 146 valence electrons. The second-order valence-corrected chi connectivity index (χ2v) is 6.30. The molecule has 1 aliphatic rings. The summed E-state index contributed by atoms with van der Waals surface area (Å²) in [5.74, 6) is -0.429. The number of urea groups is 1. The molecule has 1 saturated heterocycles. The van der Waals surface area contributed by atoms with Gasteiger partial charge in [0.25, 0.3) is 5.91 Å². The van der Waals surface area contributed by atoms with Gasteiger partial charge >= 0.3 is 11.7 Å². The molecule has 0 aliphatic carbocycles. The fraction of sp³-hybridized carbons (Fsp3) is 0.263. The molecule has 1 heterocycles. The van der Waals surface area contributed by atoms with E-state index in [1.807, 2.05) is 0 Å². The summed E-state index contributed by atoms with van der Waals surface area (Å²) in [6, 6.07) is 10.5. The standard InChI is InChI=1S/C19H20N4O5/c1-28-17-8-7-13(11-16(17)23(26)27)18(24)20-14-5-4-6-15(12-14)21-19(25)22-9-2-3-10-22/h4-8,11-12H,2-3,9-10H2,1H3,(H,20,24)(H,21,25). The smallest absolute Gasteiger partial charge is 0.321 e. The van der Waals surface area contributed by atoms with Gasteiger partial charge in [0.2, 0.25) is 0 Å². The summed E-state index contributed by atoms with van der Waals surface area (Å²) >= 11 is 0. The molecule has 3 amide bonds. The summed E-state index contributed by atoms with van der Waals surface area (Å²) in [6.07, 6.45) is 2.00. The number of nitro groups is 1. The molecule has 0 radical (unpaired) electrons. The monoisotopic (exact) mass is 384 g/mol. The Bertz CT molecular complexity index is 909.